The molecule has 0 spiro atoms. The monoisotopic (exact) mass is 412 g/mol. The van der Waals surface area contributed by atoms with Gasteiger partial charge in [-0.1, -0.05) is 6.42 Å². The van der Waals surface area contributed by atoms with E-state index >= 15 is 0 Å². The Hall–Kier alpha value is -2.39. The summed E-state index contributed by atoms with van der Waals surface area (Å²) in [5.74, 6) is -3.93. The molecular weight excluding hydrogens is 393 g/mol. The van der Waals surface area contributed by atoms with Gasteiger partial charge in [-0.3, -0.25) is 4.79 Å². The molecule has 0 heterocycles. The van der Waals surface area contributed by atoms with Crippen molar-refractivity contribution in [2.24, 2.45) is 5.92 Å². The fraction of sp³-hybridized carbons (Fsp3) is 0.316. The molecule has 9 heteroatoms. The zero-order chi connectivity index (χ0) is 20.5. The molecule has 1 atom stereocenters. The molecule has 2 N–H and O–H groups in total. The third-order valence-corrected chi connectivity index (χ3v) is 6.42. The first kappa shape index (κ1) is 20.3. The zero-order valence-electron chi connectivity index (χ0n) is 15.0. The van der Waals surface area contributed by atoms with Gasteiger partial charge in [0, 0.05) is 17.8 Å². The van der Waals surface area contributed by atoms with Crippen molar-refractivity contribution in [3.8, 4) is 0 Å². The second-order valence-corrected chi connectivity index (χ2v) is 8.54. The molecule has 0 unspecified atom stereocenters. The Balaban J connectivity index is 1.81. The number of sulfonamides is 1. The lowest BCUT2D eigenvalue weighted by Gasteiger charge is -2.31. The number of nitrogens with one attached hydrogen (secondary N) is 2. The molecule has 0 bridgehead atoms. The third-order valence-electron chi connectivity index (χ3n) is 4.87. The summed E-state index contributed by atoms with van der Waals surface area (Å²) >= 11 is 0. The minimum Gasteiger partial charge on any atom is -0.322 e. The van der Waals surface area contributed by atoms with Crippen molar-refractivity contribution in [3.63, 3.8) is 0 Å². The summed E-state index contributed by atoms with van der Waals surface area (Å²) in [5.41, 5.74) is -0.614. The number of hydrogen-bond donors (Lipinski definition) is 2. The van der Waals surface area contributed by atoms with Crippen LogP contribution in [-0.4, -0.2) is 20.4 Å². The topological polar surface area (TPSA) is 75.3 Å². The van der Waals surface area contributed by atoms with E-state index in [1.165, 1.54) is 0 Å². The van der Waals surface area contributed by atoms with Crippen molar-refractivity contribution >= 4 is 21.6 Å². The van der Waals surface area contributed by atoms with E-state index in [1.807, 2.05) is 0 Å². The fourth-order valence-corrected chi connectivity index (χ4v) is 4.30. The Morgan fingerprint density at radius 2 is 1.71 bits per heavy atom. The minimum absolute atomic E-state index is 0.0895. The number of carbonyl (C=O) groups excluding carboxylic acids is 1. The third kappa shape index (κ3) is 4.36. The molecular formula is C19H19F3N2O3S. The maximum atomic E-state index is 14.1. The van der Waals surface area contributed by atoms with Crippen LogP contribution < -0.4 is 10.0 Å². The van der Waals surface area contributed by atoms with Gasteiger partial charge < -0.3 is 5.32 Å². The van der Waals surface area contributed by atoms with Crippen LogP contribution in [0.25, 0.3) is 0 Å². The summed E-state index contributed by atoms with van der Waals surface area (Å²) < 4.78 is 68.0. The van der Waals surface area contributed by atoms with Gasteiger partial charge in [-0.2, -0.15) is 0 Å². The van der Waals surface area contributed by atoms with E-state index in [4.69, 9.17) is 0 Å². The SMILES string of the molecule is C[C@@H](NS(=O)(=O)c1ccc(F)c(C(=O)Nc2ccc(F)c(F)c2)c1)C1CCC1. The van der Waals surface area contributed by atoms with Crippen LogP contribution in [0.4, 0.5) is 18.9 Å². The normalized spacial score (nSPS) is 15.7. The predicted molar refractivity (Wildman–Crippen MR) is 97.8 cm³/mol. The summed E-state index contributed by atoms with van der Waals surface area (Å²) in [5, 5.41) is 2.22. The van der Waals surface area contributed by atoms with E-state index < -0.39 is 38.9 Å². The molecule has 0 aromatic heterocycles. The van der Waals surface area contributed by atoms with Crippen molar-refractivity contribution in [2.75, 3.05) is 5.32 Å². The molecule has 0 saturated heterocycles. The van der Waals surface area contributed by atoms with Gasteiger partial charge in [0.1, 0.15) is 5.82 Å². The molecule has 28 heavy (non-hydrogen) atoms. The quantitative estimate of drug-likeness (QED) is 0.757. The lowest BCUT2D eigenvalue weighted by Crippen LogP contribution is -2.40. The fourth-order valence-electron chi connectivity index (χ4n) is 2.97. The Morgan fingerprint density at radius 1 is 1.04 bits per heavy atom. The highest BCUT2D eigenvalue weighted by molar-refractivity contribution is 7.89. The lowest BCUT2D eigenvalue weighted by atomic mass is 9.81. The average Bonchev–Trinajstić information content (AvgIpc) is 2.56. The molecule has 2 aromatic rings. The summed E-state index contributed by atoms with van der Waals surface area (Å²) in [7, 11) is -3.94. The summed E-state index contributed by atoms with van der Waals surface area (Å²) in [6, 6.07) is 5.25. The van der Waals surface area contributed by atoms with Crippen LogP contribution in [0, 0.1) is 23.4 Å². The van der Waals surface area contributed by atoms with Gasteiger partial charge in [-0.15, -0.1) is 0 Å². The number of benzene rings is 2. The molecule has 1 saturated carbocycles. The minimum atomic E-state index is -3.94. The van der Waals surface area contributed by atoms with Crippen LogP contribution >= 0.6 is 0 Å². The molecule has 5 nitrogen and oxygen atoms in total. The Morgan fingerprint density at radius 3 is 2.32 bits per heavy atom. The van der Waals surface area contributed by atoms with E-state index in [-0.39, 0.29) is 22.5 Å². The Kier molecular flexibility index (Phi) is 5.76. The van der Waals surface area contributed by atoms with Crippen LogP contribution in [0.5, 0.6) is 0 Å². The highest BCUT2D eigenvalue weighted by Gasteiger charge is 2.28. The molecule has 3 rings (SSSR count). The first-order valence-electron chi connectivity index (χ1n) is 8.75. The van der Waals surface area contributed by atoms with Gasteiger partial charge in [0.2, 0.25) is 10.0 Å². The van der Waals surface area contributed by atoms with Gasteiger partial charge in [-0.05, 0) is 56.0 Å². The highest BCUT2D eigenvalue weighted by Crippen LogP contribution is 2.30. The van der Waals surface area contributed by atoms with Crippen LogP contribution in [0.3, 0.4) is 0 Å². The van der Waals surface area contributed by atoms with Crippen LogP contribution in [-0.2, 0) is 10.0 Å². The summed E-state index contributed by atoms with van der Waals surface area (Å²) in [6.45, 7) is 1.77. The maximum absolute atomic E-state index is 14.1. The van der Waals surface area contributed by atoms with Crippen LogP contribution in [0.1, 0.15) is 36.5 Å². The zero-order valence-corrected chi connectivity index (χ0v) is 15.8. The molecule has 1 amide bonds. The second-order valence-electron chi connectivity index (χ2n) is 6.83. The van der Waals surface area contributed by atoms with Crippen molar-refractivity contribution in [2.45, 2.75) is 37.1 Å². The second kappa shape index (κ2) is 7.92. The molecule has 1 fully saturated rings. The molecule has 2 aromatic carbocycles. The van der Waals surface area contributed by atoms with Gasteiger partial charge >= 0.3 is 0 Å². The van der Waals surface area contributed by atoms with E-state index in [2.05, 4.69) is 10.0 Å². The van der Waals surface area contributed by atoms with Gasteiger partial charge in [-0.25, -0.2) is 26.3 Å². The molecule has 0 aliphatic heterocycles. The first-order valence-corrected chi connectivity index (χ1v) is 10.2. The van der Waals surface area contributed by atoms with Crippen molar-refractivity contribution in [1.82, 2.24) is 4.72 Å². The molecule has 0 radical (unpaired) electrons. The number of hydrogen-bond acceptors (Lipinski definition) is 3. The van der Waals surface area contributed by atoms with Crippen molar-refractivity contribution in [1.29, 1.82) is 0 Å². The van der Waals surface area contributed by atoms with Gasteiger partial charge in [0.25, 0.3) is 5.91 Å². The van der Waals surface area contributed by atoms with Crippen LogP contribution in [0.15, 0.2) is 41.3 Å². The van der Waals surface area contributed by atoms with E-state index in [0.29, 0.717) is 0 Å². The predicted octanol–water partition coefficient (Wildman–Crippen LogP) is 3.82. The van der Waals surface area contributed by atoms with Gasteiger partial charge in [0.15, 0.2) is 11.6 Å². The molecule has 1 aliphatic carbocycles. The number of halogens is 3. The van der Waals surface area contributed by atoms with E-state index in [1.54, 1.807) is 6.92 Å². The lowest BCUT2D eigenvalue weighted by molar-refractivity contribution is 0.102. The maximum Gasteiger partial charge on any atom is 0.258 e. The average molecular weight is 412 g/mol. The number of amides is 1. The number of carbonyl (C=O) groups is 1. The number of anilines is 1. The number of rotatable bonds is 6. The molecule has 1 aliphatic rings. The van der Waals surface area contributed by atoms with Gasteiger partial charge in [0.05, 0.1) is 10.5 Å². The highest BCUT2D eigenvalue weighted by atomic mass is 32.2. The van der Waals surface area contributed by atoms with Crippen LogP contribution in [0.2, 0.25) is 0 Å². The largest absolute Gasteiger partial charge is 0.322 e. The summed E-state index contributed by atoms with van der Waals surface area (Å²) in [6.07, 6.45) is 2.94. The van der Waals surface area contributed by atoms with Crippen molar-refractivity contribution < 1.29 is 26.4 Å². The molecule has 150 valence electrons. The smallest absolute Gasteiger partial charge is 0.258 e. The first-order chi connectivity index (χ1) is 13.2. The van der Waals surface area contributed by atoms with E-state index in [9.17, 15) is 26.4 Å². The Labute approximate surface area is 161 Å². The standard InChI is InChI=1S/C19H19F3N2O3S/c1-11(12-3-2-4-12)24-28(26,27)14-6-8-16(20)15(10-14)19(25)23-13-5-7-17(21)18(22)9-13/h5-12,24H,2-4H2,1H3,(H,23,25)/t11-/m1/s1. The summed E-state index contributed by atoms with van der Waals surface area (Å²) in [4.78, 5) is 12.1. The van der Waals surface area contributed by atoms with E-state index in [0.717, 1.165) is 55.7 Å². The van der Waals surface area contributed by atoms with Crippen molar-refractivity contribution in [3.05, 3.63) is 59.4 Å². The Bertz CT molecular complexity index is 1010.